The fraction of sp³-hybridized carbons (Fsp3) is 0.323. The molecule has 0 saturated carbocycles. The number of tetrazole rings is 1. The first-order valence-electron chi connectivity index (χ1n) is 13.3. The Morgan fingerprint density at radius 2 is 1.53 bits per heavy atom. The molecule has 38 heavy (non-hydrogen) atoms. The van der Waals surface area contributed by atoms with Crippen molar-refractivity contribution < 1.29 is 4.74 Å². The lowest BCUT2D eigenvalue weighted by Crippen LogP contribution is -2.49. The van der Waals surface area contributed by atoms with Crippen LogP contribution in [0.15, 0.2) is 84.9 Å². The molecule has 0 bridgehead atoms. The molecule has 7 heteroatoms. The summed E-state index contributed by atoms with van der Waals surface area (Å²) in [4.78, 5) is 4.96. The zero-order chi connectivity index (χ0) is 26.2. The van der Waals surface area contributed by atoms with E-state index in [0.717, 1.165) is 60.9 Å². The first kappa shape index (κ1) is 26.0. The number of ether oxygens (including phenoxy) is 1. The average molecular weight is 509 g/mol. The molecule has 4 aromatic rings. The van der Waals surface area contributed by atoms with Gasteiger partial charge in [-0.05, 0) is 46.5 Å². The second-order valence-electron chi connectivity index (χ2n) is 9.86. The second-order valence-corrected chi connectivity index (χ2v) is 9.86. The Bertz CT molecular complexity index is 1290. The zero-order valence-electron chi connectivity index (χ0n) is 22.3. The molecule has 1 atom stereocenters. The van der Waals surface area contributed by atoms with Gasteiger partial charge in [-0.2, -0.15) is 4.68 Å². The molecule has 0 spiro atoms. The Morgan fingerprint density at radius 1 is 0.842 bits per heavy atom. The van der Waals surface area contributed by atoms with Gasteiger partial charge in [-0.25, -0.2) is 0 Å². The summed E-state index contributed by atoms with van der Waals surface area (Å²) < 4.78 is 8.19. The van der Waals surface area contributed by atoms with Gasteiger partial charge < -0.3 is 4.74 Å². The Hall–Kier alpha value is -3.65. The van der Waals surface area contributed by atoms with Gasteiger partial charge in [0.15, 0.2) is 5.82 Å². The molecule has 0 N–H and O–H groups in total. The first-order valence-corrected chi connectivity index (χ1v) is 13.3. The molecule has 1 aliphatic heterocycles. The number of para-hydroxylation sites is 1. The third kappa shape index (κ3) is 6.42. The molecule has 1 fully saturated rings. The lowest BCUT2D eigenvalue weighted by atomic mass is 10.1. The summed E-state index contributed by atoms with van der Waals surface area (Å²) in [5, 5.41) is 13.1. The maximum atomic E-state index is 6.28. The SMILES string of the molecule is Cc1cccc(C)c1-n1nnnc1[C@H](COCc1ccccc1)N1CCN(CC=Cc2ccccc2)CC1. The smallest absolute Gasteiger partial charge is 0.176 e. The van der Waals surface area contributed by atoms with E-state index in [9.17, 15) is 0 Å². The van der Waals surface area contributed by atoms with Crippen molar-refractivity contribution in [3.8, 4) is 5.69 Å². The highest BCUT2D eigenvalue weighted by Crippen LogP contribution is 2.26. The summed E-state index contributed by atoms with van der Waals surface area (Å²) in [6.45, 7) is 10.1. The predicted octanol–water partition coefficient (Wildman–Crippen LogP) is 4.87. The molecule has 196 valence electrons. The number of rotatable bonds is 10. The minimum absolute atomic E-state index is 0.0465. The highest BCUT2D eigenvalue weighted by molar-refractivity contribution is 5.49. The summed E-state index contributed by atoms with van der Waals surface area (Å²) in [5.74, 6) is 0.827. The summed E-state index contributed by atoms with van der Waals surface area (Å²) in [6.07, 6.45) is 4.46. The van der Waals surface area contributed by atoms with Crippen LogP contribution in [0, 0.1) is 13.8 Å². The van der Waals surface area contributed by atoms with Crippen LogP contribution in [0.25, 0.3) is 11.8 Å². The molecule has 0 radical (unpaired) electrons. The molecule has 0 unspecified atom stereocenters. The number of hydrogen-bond acceptors (Lipinski definition) is 6. The number of aryl methyl sites for hydroxylation is 2. The van der Waals surface area contributed by atoms with E-state index in [0.29, 0.717) is 13.2 Å². The van der Waals surface area contributed by atoms with E-state index in [1.807, 2.05) is 28.9 Å². The Balaban J connectivity index is 1.30. The quantitative estimate of drug-likeness (QED) is 0.305. The van der Waals surface area contributed by atoms with E-state index >= 15 is 0 Å². The van der Waals surface area contributed by atoms with Gasteiger partial charge in [-0.1, -0.05) is 91.0 Å². The molecule has 1 aromatic heterocycles. The number of aromatic nitrogens is 4. The third-order valence-corrected chi connectivity index (χ3v) is 7.15. The van der Waals surface area contributed by atoms with Gasteiger partial charge in [0.05, 0.1) is 24.9 Å². The largest absolute Gasteiger partial charge is 0.375 e. The first-order chi connectivity index (χ1) is 18.7. The molecule has 1 aliphatic rings. The fourth-order valence-corrected chi connectivity index (χ4v) is 5.07. The standard InChI is InChI=1S/C31H36N6O/c1-25-11-9-12-26(2)30(25)37-31(32-33-34-37)29(24-38-23-28-15-7-4-8-16-28)36-21-19-35(20-22-36)18-10-17-27-13-5-3-6-14-27/h3-17,29H,18-24H2,1-2H3/t29-/m0/s1. The van der Waals surface area contributed by atoms with E-state index in [2.05, 4.69) is 106 Å². The molecule has 0 aliphatic carbocycles. The highest BCUT2D eigenvalue weighted by atomic mass is 16.5. The van der Waals surface area contributed by atoms with Gasteiger partial charge in [-0.15, -0.1) is 5.10 Å². The number of hydrogen-bond donors (Lipinski definition) is 0. The van der Waals surface area contributed by atoms with Crippen molar-refractivity contribution in [1.82, 2.24) is 30.0 Å². The van der Waals surface area contributed by atoms with Gasteiger partial charge in [0.2, 0.25) is 0 Å². The molecule has 7 nitrogen and oxygen atoms in total. The molecule has 5 rings (SSSR count). The molecule has 2 heterocycles. The van der Waals surface area contributed by atoms with Crippen LogP contribution < -0.4 is 0 Å². The van der Waals surface area contributed by atoms with Crippen LogP contribution in [0.4, 0.5) is 0 Å². The monoisotopic (exact) mass is 508 g/mol. The Morgan fingerprint density at radius 3 is 2.24 bits per heavy atom. The van der Waals surface area contributed by atoms with E-state index in [4.69, 9.17) is 4.74 Å². The van der Waals surface area contributed by atoms with Gasteiger partial charge in [-0.3, -0.25) is 9.80 Å². The van der Waals surface area contributed by atoms with E-state index in [1.165, 1.54) is 5.56 Å². The number of benzene rings is 3. The van der Waals surface area contributed by atoms with Crippen LogP contribution in [-0.4, -0.2) is 69.3 Å². The molecule has 3 aromatic carbocycles. The van der Waals surface area contributed by atoms with Crippen molar-refractivity contribution in [1.29, 1.82) is 0 Å². The minimum Gasteiger partial charge on any atom is -0.375 e. The highest BCUT2D eigenvalue weighted by Gasteiger charge is 2.30. The molecular weight excluding hydrogens is 472 g/mol. The van der Waals surface area contributed by atoms with E-state index in [1.54, 1.807) is 0 Å². The molecule has 0 amide bonds. The summed E-state index contributed by atoms with van der Waals surface area (Å²) in [7, 11) is 0. The van der Waals surface area contributed by atoms with Crippen LogP contribution >= 0.6 is 0 Å². The van der Waals surface area contributed by atoms with Crippen LogP contribution in [-0.2, 0) is 11.3 Å². The lowest BCUT2D eigenvalue weighted by Gasteiger charge is -2.38. The number of nitrogens with zero attached hydrogens (tertiary/aromatic N) is 6. The van der Waals surface area contributed by atoms with Gasteiger partial charge >= 0.3 is 0 Å². The third-order valence-electron chi connectivity index (χ3n) is 7.15. The van der Waals surface area contributed by atoms with Crippen LogP contribution in [0.5, 0.6) is 0 Å². The van der Waals surface area contributed by atoms with Gasteiger partial charge in [0.1, 0.15) is 0 Å². The van der Waals surface area contributed by atoms with Crippen molar-refractivity contribution in [3.05, 3.63) is 113 Å². The molecule has 1 saturated heterocycles. The van der Waals surface area contributed by atoms with Gasteiger partial charge in [0.25, 0.3) is 0 Å². The van der Waals surface area contributed by atoms with E-state index < -0.39 is 0 Å². The minimum atomic E-state index is -0.0465. The van der Waals surface area contributed by atoms with E-state index in [-0.39, 0.29) is 6.04 Å². The number of piperazine rings is 1. The summed E-state index contributed by atoms with van der Waals surface area (Å²) in [5.41, 5.74) is 5.75. The predicted molar refractivity (Wildman–Crippen MR) is 151 cm³/mol. The van der Waals surface area contributed by atoms with Crippen LogP contribution in [0.1, 0.15) is 34.1 Å². The summed E-state index contributed by atoms with van der Waals surface area (Å²) in [6, 6.07) is 27.0. The van der Waals surface area contributed by atoms with Crippen molar-refractivity contribution in [3.63, 3.8) is 0 Å². The van der Waals surface area contributed by atoms with Crippen LogP contribution in [0.2, 0.25) is 0 Å². The van der Waals surface area contributed by atoms with Gasteiger partial charge in [0, 0.05) is 32.7 Å². The fourth-order valence-electron chi connectivity index (χ4n) is 5.07. The lowest BCUT2D eigenvalue weighted by molar-refractivity contribution is 0.0225. The van der Waals surface area contributed by atoms with Crippen molar-refractivity contribution >= 4 is 6.08 Å². The van der Waals surface area contributed by atoms with Crippen molar-refractivity contribution in [2.45, 2.75) is 26.5 Å². The second kappa shape index (κ2) is 12.7. The topological polar surface area (TPSA) is 59.3 Å². The zero-order valence-corrected chi connectivity index (χ0v) is 22.3. The van der Waals surface area contributed by atoms with Crippen LogP contribution in [0.3, 0.4) is 0 Å². The molecular formula is C31H36N6O. The summed E-state index contributed by atoms with van der Waals surface area (Å²) >= 11 is 0. The Labute approximate surface area is 225 Å². The maximum Gasteiger partial charge on any atom is 0.176 e. The average Bonchev–Trinajstić information content (AvgIpc) is 3.42. The van der Waals surface area contributed by atoms with Crippen molar-refractivity contribution in [2.24, 2.45) is 0 Å². The normalized spacial score (nSPS) is 15.7. The maximum absolute atomic E-state index is 6.28. The Kier molecular flexibility index (Phi) is 8.71. The van der Waals surface area contributed by atoms with Crippen molar-refractivity contribution in [2.75, 3.05) is 39.3 Å².